The van der Waals surface area contributed by atoms with E-state index in [1.54, 1.807) is 10.8 Å². The molecule has 13 heavy (non-hydrogen) atoms. The summed E-state index contributed by atoms with van der Waals surface area (Å²) in [6.07, 6.45) is 4.37. The van der Waals surface area contributed by atoms with Crippen LogP contribution in [0.3, 0.4) is 0 Å². The maximum absolute atomic E-state index is 11.3. The Morgan fingerprint density at radius 3 is 2.92 bits per heavy atom. The Kier molecular flexibility index (Phi) is 3.06. The molecular weight excluding hydrogens is 166 g/mol. The number of aryl methyl sites for hydroxylation is 1. The van der Waals surface area contributed by atoms with E-state index in [1.807, 2.05) is 20.8 Å². The van der Waals surface area contributed by atoms with E-state index in [-0.39, 0.29) is 11.9 Å². The van der Waals surface area contributed by atoms with Gasteiger partial charge >= 0.3 is 0 Å². The molecule has 0 aliphatic rings. The molecule has 0 atom stereocenters. The first-order valence-electron chi connectivity index (χ1n) is 4.28. The fourth-order valence-electron chi connectivity index (χ4n) is 1.03. The van der Waals surface area contributed by atoms with Gasteiger partial charge in [0, 0.05) is 12.2 Å². The van der Waals surface area contributed by atoms with E-state index in [0.717, 1.165) is 5.82 Å². The number of imidazole rings is 1. The average Bonchev–Trinajstić information content (AvgIpc) is 2.34. The van der Waals surface area contributed by atoms with Gasteiger partial charge in [-0.25, -0.2) is 4.98 Å². The molecule has 1 rings (SSSR count). The average molecular weight is 180 g/mol. The van der Waals surface area contributed by atoms with Gasteiger partial charge in [-0.3, -0.25) is 4.79 Å². The third-order valence-corrected chi connectivity index (χ3v) is 1.62. The Hall–Kier alpha value is -1.32. The molecular formula is C9H14N3O. The summed E-state index contributed by atoms with van der Waals surface area (Å²) < 4.78 is 1.76. The second kappa shape index (κ2) is 4.07. The number of hydrogen-bond donors (Lipinski definition) is 1. The van der Waals surface area contributed by atoms with Crippen molar-refractivity contribution >= 4 is 5.91 Å². The molecule has 1 N–H and O–H groups in total. The molecule has 0 bridgehead atoms. The number of rotatable bonds is 3. The fraction of sp³-hybridized carbons (Fsp3) is 0.556. The van der Waals surface area contributed by atoms with Crippen LogP contribution in [-0.4, -0.2) is 21.5 Å². The molecule has 71 valence electrons. The minimum absolute atomic E-state index is 0.00417. The zero-order valence-electron chi connectivity index (χ0n) is 8.16. The molecule has 0 aliphatic heterocycles. The monoisotopic (exact) mass is 180 g/mol. The van der Waals surface area contributed by atoms with E-state index in [1.165, 1.54) is 0 Å². The Balaban J connectivity index is 2.50. The first-order chi connectivity index (χ1) is 6.09. The van der Waals surface area contributed by atoms with Crippen molar-refractivity contribution in [2.24, 2.45) is 0 Å². The van der Waals surface area contributed by atoms with E-state index >= 15 is 0 Å². The molecule has 4 heteroatoms. The largest absolute Gasteiger partial charge is 0.352 e. The van der Waals surface area contributed by atoms with Crippen LogP contribution in [0.4, 0.5) is 0 Å². The van der Waals surface area contributed by atoms with Crippen molar-refractivity contribution in [1.29, 1.82) is 0 Å². The lowest BCUT2D eigenvalue weighted by molar-refractivity contribution is -0.122. The van der Waals surface area contributed by atoms with E-state index < -0.39 is 0 Å². The standard InChI is InChI=1S/C9H14N3O/c1-7(2)11-9(13)6-12-5-4-10-8(12)3/h5,7H,6H2,1-3H3,(H,11,13). The normalized spacial score (nSPS) is 10.5. The molecule has 0 fully saturated rings. The zero-order valence-corrected chi connectivity index (χ0v) is 8.16. The topological polar surface area (TPSA) is 46.9 Å². The van der Waals surface area contributed by atoms with Gasteiger partial charge in [0.1, 0.15) is 18.6 Å². The summed E-state index contributed by atoms with van der Waals surface area (Å²) in [5.41, 5.74) is 0. The van der Waals surface area contributed by atoms with Crippen LogP contribution in [0, 0.1) is 13.1 Å². The highest BCUT2D eigenvalue weighted by Gasteiger charge is 2.05. The third-order valence-electron chi connectivity index (χ3n) is 1.62. The summed E-state index contributed by atoms with van der Waals surface area (Å²) in [5, 5.41) is 2.81. The highest BCUT2D eigenvalue weighted by Crippen LogP contribution is 1.93. The van der Waals surface area contributed by atoms with Gasteiger partial charge in [-0.2, -0.15) is 0 Å². The van der Waals surface area contributed by atoms with Gasteiger partial charge in [0.15, 0.2) is 0 Å². The van der Waals surface area contributed by atoms with Crippen molar-refractivity contribution in [1.82, 2.24) is 14.9 Å². The number of amides is 1. The van der Waals surface area contributed by atoms with Gasteiger partial charge in [0.2, 0.25) is 5.91 Å². The SMILES string of the molecule is Cc1n[c]cn1CC(=O)NC(C)C. The van der Waals surface area contributed by atoms with E-state index in [0.29, 0.717) is 6.54 Å². The van der Waals surface area contributed by atoms with Crippen LogP contribution in [0.5, 0.6) is 0 Å². The highest BCUT2D eigenvalue weighted by atomic mass is 16.2. The Morgan fingerprint density at radius 1 is 1.77 bits per heavy atom. The van der Waals surface area contributed by atoms with E-state index in [4.69, 9.17) is 0 Å². The first-order valence-corrected chi connectivity index (χ1v) is 4.28. The fourth-order valence-corrected chi connectivity index (χ4v) is 1.03. The number of nitrogens with one attached hydrogen (secondary N) is 1. The molecule has 1 heterocycles. The van der Waals surface area contributed by atoms with Gasteiger partial charge < -0.3 is 9.88 Å². The van der Waals surface area contributed by atoms with Crippen LogP contribution in [0.25, 0.3) is 0 Å². The molecule has 0 spiro atoms. The lowest BCUT2D eigenvalue weighted by atomic mass is 10.4. The molecule has 1 radical (unpaired) electrons. The number of hydrogen-bond acceptors (Lipinski definition) is 2. The van der Waals surface area contributed by atoms with Crippen molar-refractivity contribution in [3.63, 3.8) is 0 Å². The minimum Gasteiger partial charge on any atom is -0.352 e. The van der Waals surface area contributed by atoms with Crippen LogP contribution in [0.15, 0.2) is 6.20 Å². The Morgan fingerprint density at radius 2 is 2.46 bits per heavy atom. The van der Waals surface area contributed by atoms with Crippen molar-refractivity contribution in [2.75, 3.05) is 0 Å². The lowest BCUT2D eigenvalue weighted by Gasteiger charge is -2.09. The van der Waals surface area contributed by atoms with E-state index in [2.05, 4.69) is 16.5 Å². The smallest absolute Gasteiger partial charge is 0.240 e. The van der Waals surface area contributed by atoms with Crippen LogP contribution in [0.2, 0.25) is 0 Å². The van der Waals surface area contributed by atoms with Crippen molar-refractivity contribution in [3.8, 4) is 0 Å². The third kappa shape index (κ3) is 2.89. The summed E-state index contributed by atoms with van der Waals surface area (Å²) in [4.78, 5) is 15.2. The second-order valence-corrected chi connectivity index (χ2v) is 3.27. The van der Waals surface area contributed by atoms with Gasteiger partial charge in [-0.15, -0.1) is 0 Å². The molecule has 0 saturated carbocycles. The second-order valence-electron chi connectivity index (χ2n) is 3.27. The van der Waals surface area contributed by atoms with Gasteiger partial charge in [-0.05, 0) is 20.8 Å². The molecule has 1 aromatic rings. The number of carbonyl (C=O) groups is 1. The molecule has 0 aliphatic carbocycles. The number of aromatic nitrogens is 2. The van der Waals surface area contributed by atoms with E-state index in [9.17, 15) is 4.79 Å². The summed E-state index contributed by atoms with van der Waals surface area (Å²) in [5.74, 6) is 0.809. The van der Waals surface area contributed by atoms with Gasteiger partial charge in [0.05, 0.1) is 0 Å². The van der Waals surface area contributed by atoms with Crippen molar-refractivity contribution in [3.05, 3.63) is 18.2 Å². The van der Waals surface area contributed by atoms with Gasteiger partial charge in [0.25, 0.3) is 0 Å². The molecule has 0 unspecified atom stereocenters. The summed E-state index contributed by atoms with van der Waals surface area (Å²) >= 11 is 0. The van der Waals surface area contributed by atoms with Crippen molar-refractivity contribution in [2.45, 2.75) is 33.4 Å². The quantitative estimate of drug-likeness (QED) is 0.737. The lowest BCUT2D eigenvalue weighted by Crippen LogP contribution is -2.33. The maximum atomic E-state index is 11.3. The van der Waals surface area contributed by atoms with Crippen LogP contribution >= 0.6 is 0 Å². The summed E-state index contributed by atoms with van der Waals surface area (Å²) in [6.45, 7) is 6.04. The number of carbonyl (C=O) groups excluding carboxylic acids is 1. The van der Waals surface area contributed by atoms with Gasteiger partial charge in [-0.1, -0.05) is 0 Å². The molecule has 1 amide bonds. The molecule has 0 aromatic carbocycles. The van der Waals surface area contributed by atoms with Crippen molar-refractivity contribution < 1.29 is 4.79 Å². The minimum atomic E-state index is 0.00417. The number of nitrogens with zero attached hydrogens (tertiary/aromatic N) is 2. The maximum Gasteiger partial charge on any atom is 0.240 e. The molecule has 4 nitrogen and oxygen atoms in total. The predicted molar refractivity (Wildman–Crippen MR) is 49.1 cm³/mol. The van der Waals surface area contributed by atoms with Crippen LogP contribution in [0.1, 0.15) is 19.7 Å². The predicted octanol–water partition coefficient (Wildman–Crippen LogP) is 0.516. The highest BCUT2D eigenvalue weighted by molar-refractivity contribution is 5.76. The molecule has 1 aromatic heterocycles. The molecule has 0 saturated heterocycles. The van der Waals surface area contributed by atoms with Crippen LogP contribution in [-0.2, 0) is 11.3 Å². The Bertz CT molecular complexity index is 291. The Labute approximate surface area is 78.0 Å². The summed E-state index contributed by atoms with van der Waals surface area (Å²) in [6, 6.07) is 0.181. The first kappa shape index (κ1) is 9.77. The summed E-state index contributed by atoms with van der Waals surface area (Å²) in [7, 11) is 0. The zero-order chi connectivity index (χ0) is 9.84. The van der Waals surface area contributed by atoms with Crippen LogP contribution < -0.4 is 5.32 Å².